The molecule has 0 saturated heterocycles. The summed E-state index contributed by atoms with van der Waals surface area (Å²) in [6.07, 6.45) is 0. The average Bonchev–Trinajstić information content (AvgIpc) is 0.918. The Balaban J connectivity index is -0.0000000200. The minimum absolute atomic E-state index is 0. The first-order valence-electron chi connectivity index (χ1n) is 0.400. The zero-order valence-corrected chi connectivity index (χ0v) is 3.78. The fourth-order valence-corrected chi connectivity index (χ4v) is 0. The van der Waals surface area contributed by atoms with Crippen LogP contribution in [0, 0.1) is 10.2 Å². The van der Waals surface area contributed by atoms with Crippen LogP contribution in [-0.4, -0.2) is 29.6 Å². The van der Waals surface area contributed by atoms with E-state index in [2.05, 4.69) is 16.0 Å². The summed E-state index contributed by atoms with van der Waals surface area (Å²) in [7, 11) is 0. The van der Waals surface area contributed by atoms with Gasteiger partial charge in [0.2, 0.25) is 0 Å². The maximum absolute atomic E-state index is 7.21. The Morgan fingerprint density at radius 3 is 1.60 bits per heavy atom. The van der Waals surface area contributed by atoms with Crippen molar-refractivity contribution in [2.24, 2.45) is 0 Å². The van der Waals surface area contributed by atoms with Crippen LogP contribution in [-0.2, 0) is 32.8 Å². The van der Waals surface area contributed by atoms with Crippen molar-refractivity contribution >= 4 is 29.6 Å². The SMILES string of the molecule is N#[C][Fe].[Co].[NaH]. The molecule has 0 aliphatic heterocycles. The average molecular weight is 165 g/mol. The number of rotatable bonds is 0. The van der Waals surface area contributed by atoms with Gasteiger partial charge in [0.25, 0.3) is 0 Å². The third-order valence-electron chi connectivity index (χ3n) is 0. The summed E-state index contributed by atoms with van der Waals surface area (Å²) in [5.74, 6) is 0. The molecule has 0 fully saturated rings. The number of hydrogen-bond acceptors (Lipinski definition) is 1. The Kier molecular flexibility index (Phi) is 57.0. The molecule has 1 nitrogen and oxygen atoms in total. The monoisotopic (exact) mass is 165 g/mol. The first-order chi connectivity index (χ1) is 1.41. The number of nitriles is 1. The Morgan fingerprint density at radius 1 is 1.60 bits per heavy atom. The van der Waals surface area contributed by atoms with E-state index in [4.69, 9.17) is 5.26 Å². The van der Waals surface area contributed by atoms with Gasteiger partial charge in [-0.05, 0) is 0 Å². The normalized spacial score (nSPS) is 1.60. The second-order valence-corrected chi connectivity index (χ2v) is 0.326. The minimum atomic E-state index is 0. The van der Waals surface area contributed by atoms with Crippen molar-refractivity contribution in [1.29, 1.82) is 5.26 Å². The van der Waals surface area contributed by atoms with Crippen LogP contribution in [0.15, 0.2) is 0 Å². The van der Waals surface area contributed by atoms with Gasteiger partial charge in [0.05, 0.1) is 0 Å². The Bertz CT molecular complexity index is 33.1. The van der Waals surface area contributed by atoms with Crippen molar-refractivity contribution < 1.29 is 32.8 Å². The van der Waals surface area contributed by atoms with Crippen LogP contribution in [0.3, 0.4) is 0 Å². The molecule has 4 heteroatoms. The quantitative estimate of drug-likeness (QED) is 0.438. The summed E-state index contributed by atoms with van der Waals surface area (Å²) in [5.41, 5.74) is 0. The number of hydrogen-bond donors (Lipinski definition) is 0. The molecular formula is CHCoFeNNa. The van der Waals surface area contributed by atoms with Gasteiger partial charge in [-0.2, -0.15) is 0 Å². The maximum atomic E-state index is 7.21. The summed E-state index contributed by atoms with van der Waals surface area (Å²) in [5, 5.41) is 7.21. The molecule has 28 valence electrons. The van der Waals surface area contributed by atoms with E-state index in [9.17, 15) is 0 Å². The summed E-state index contributed by atoms with van der Waals surface area (Å²) < 4.78 is 0. The van der Waals surface area contributed by atoms with Gasteiger partial charge in [0.15, 0.2) is 0 Å². The van der Waals surface area contributed by atoms with E-state index in [0.717, 1.165) is 0 Å². The van der Waals surface area contributed by atoms with Crippen molar-refractivity contribution in [3.05, 3.63) is 0 Å². The molecule has 0 amide bonds. The van der Waals surface area contributed by atoms with Crippen molar-refractivity contribution in [2.45, 2.75) is 0 Å². The van der Waals surface area contributed by atoms with Crippen LogP contribution in [0.2, 0.25) is 0 Å². The molecule has 0 rings (SSSR count). The van der Waals surface area contributed by atoms with Crippen LogP contribution in [0.25, 0.3) is 0 Å². The molecule has 0 aromatic heterocycles. The molecule has 5 heavy (non-hydrogen) atoms. The molecule has 0 aromatic carbocycles. The Labute approximate surface area is 71.8 Å². The molecule has 1 radical (unpaired) electrons. The third-order valence-corrected chi connectivity index (χ3v) is 0. The van der Waals surface area contributed by atoms with Crippen LogP contribution in [0.4, 0.5) is 0 Å². The summed E-state index contributed by atoms with van der Waals surface area (Å²) in [6, 6.07) is 0. The van der Waals surface area contributed by atoms with Crippen molar-refractivity contribution in [1.82, 2.24) is 0 Å². The summed E-state index contributed by atoms with van der Waals surface area (Å²) in [4.78, 5) is 1.50. The molecule has 0 heterocycles. The topological polar surface area (TPSA) is 23.8 Å². The fraction of sp³-hybridized carbons (Fsp3) is 0. The molecule has 0 aliphatic carbocycles. The second kappa shape index (κ2) is 17.8. The predicted octanol–water partition coefficient (Wildman–Crippen LogP) is -0.637. The Hall–Kier alpha value is 1.52. The molecule has 0 saturated carbocycles. The predicted molar refractivity (Wildman–Crippen MR) is 12.8 cm³/mol. The molecule has 0 unspecified atom stereocenters. The van der Waals surface area contributed by atoms with Gasteiger partial charge in [-0.3, -0.25) is 0 Å². The van der Waals surface area contributed by atoms with Crippen LogP contribution >= 0.6 is 0 Å². The van der Waals surface area contributed by atoms with Crippen molar-refractivity contribution in [3.8, 4) is 4.97 Å². The molecular weight excluding hydrogens is 164 g/mol. The van der Waals surface area contributed by atoms with Gasteiger partial charge < -0.3 is 0 Å². The van der Waals surface area contributed by atoms with Crippen LogP contribution in [0.5, 0.6) is 0 Å². The van der Waals surface area contributed by atoms with Gasteiger partial charge >= 0.3 is 55.8 Å². The van der Waals surface area contributed by atoms with Crippen LogP contribution < -0.4 is 0 Å². The molecule has 0 aliphatic rings. The van der Waals surface area contributed by atoms with E-state index in [-0.39, 0.29) is 46.3 Å². The van der Waals surface area contributed by atoms with Gasteiger partial charge in [-0.25, -0.2) is 0 Å². The summed E-state index contributed by atoms with van der Waals surface area (Å²) >= 11 is 2.79. The zero-order chi connectivity index (χ0) is 2.71. The van der Waals surface area contributed by atoms with E-state index >= 15 is 0 Å². The third kappa shape index (κ3) is 29.7. The standard InChI is InChI=1S/CN.Co.Fe.Na.H/c1-2;;;;. The molecule has 0 atom stereocenters. The van der Waals surface area contributed by atoms with E-state index < -0.39 is 0 Å². The van der Waals surface area contributed by atoms with Crippen LogP contribution in [0.1, 0.15) is 0 Å². The molecule has 0 N–H and O–H groups in total. The van der Waals surface area contributed by atoms with E-state index in [1.165, 1.54) is 4.97 Å². The fourth-order valence-electron chi connectivity index (χ4n) is 0. The summed E-state index contributed by atoms with van der Waals surface area (Å²) in [6.45, 7) is 0. The van der Waals surface area contributed by atoms with Crippen molar-refractivity contribution in [3.63, 3.8) is 0 Å². The second-order valence-electron chi connectivity index (χ2n) is 0.0791. The first-order valence-corrected chi connectivity index (χ1v) is 0.952. The molecule has 0 spiro atoms. The van der Waals surface area contributed by atoms with Crippen molar-refractivity contribution in [2.75, 3.05) is 0 Å². The van der Waals surface area contributed by atoms with Gasteiger partial charge in [0.1, 0.15) is 0 Å². The van der Waals surface area contributed by atoms with Gasteiger partial charge in [-0.1, -0.05) is 0 Å². The van der Waals surface area contributed by atoms with E-state index in [1.54, 1.807) is 0 Å². The first kappa shape index (κ1) is 16.0. The van der Waals surface area contributed by atoms with Gasteiger partial charge in [0, 0.05) is 16.8 Å². The molecule has 0 aromatic rings. The molecule has 0 bridgehead atoms. The Morgan fingerprint density at radius 2 is 1.60 bits per heavy atom. The van der Waals surface area contributed by atoms with Gasteiger partial charge in [-0.15, -0.1) is 0 Å². The zero-order valence-electron chi connectivity index (χ0n) is 1.63. The van der Waals surface area contributed by atoms with E-state index in [1.807, 2.05) is 0 Å². The number of nitrogens with zero attached hydrogens (tertiary/aromatic N) is 1. The van der Waals surface area contributed by atoms with E-state index in [0.29, 0.717) is 0 Å².